The fourth-order valence-electron chi connectivity index (χ4n) is 1.84. The van der Waals surface area contributed by atoms with E-state index in [4.69, 9.17) is 5.11 Å². The summed E-state index contributed by atoms with van der Waals surface area (Å²) in [6, 6.07) is 3.95. The Bertz CT molecular complexity index is 816. The standard InChI is InChI=1S/C12H8N2O3S2/c1-5-9(12(16)17)11(15)14-10(13-5)8-4-7-6(19-8)2-3-18-7/h2-4H,1H3,(H,16,17)(H,13,14,15). The van der Waals surface area contributed by atoms with Crippen LogP contribution in [0.15, 0.2) is 22.3 Å². The van der Waals surface area contributed by atoms with Crippen molar-refractivity contribution in [2.24, 2.45) is 0 Å². The molecule has 3 aromatic heterocycles. The Morgan fingerprint density at radius 3 is 2.84 bits per heavy atom. The van der Waals surface area contributed by atoms with Gasteiger partial charge in [0, 0.05) is 9.40 Å². The monoisotopic (exact) mass is 292 g/mol. The van der Waals surface area contributed by atoms with Crippen LogP contribution < -0.4 is 5.56 Å². The minimum atomic E-state index is -1.26. The maximum absolute atomic E-state index is 11.8. The van der Waals surface area contributed by atoms with Gasteiger partial charge in [-0.05, 0) is 24.4 Å². The summed E-state index contributed by atoms with van der Waals surface area (Å²) in [5, 5.41) is 10.9. The SMILES string of the molecule is Cc1nc(-c2cc3sccc3s2)[nH]c(=O)c1C(=O)O. The number of rotatable bonds is 2. The third kappa shape index (κ3) is 1.96. The molecule has 0 aliphatic heterocycles. The number of carbonyl (C=O) groups is 1. The molecule has 0 aliphatic rings. The van der Waals surface area contributed by atoms with E-state index >= 15 is 0 Å². The molecule has 0 saturated carbocycles. The predicted octanol–water partition coefficient (Wildman–Crippen LogP) is 2.72. The molecule has 0 aromatic carbocycles. The van der Waals surface area contributed by atoms with E-state index < -0.39 is 11.5 Å². The highest BCUT2D eigenvalue weighted by Crippen LogP contribution is 2.34. The molecule has 96 valence electrons. The van der Waals surface area contributed by atoms with Crippen LogP contribution in [0, 0.1) is 6.92 Å². The highest BCUT2D eigenvalue weighted by Gasteiger charge is 2.16. The lowest BCUT2D eigenvalue weighted by molar-refractivity contribution is 0.0693. The number of aromatic carboxylic acids is 1. The molecule has 0 aliphatic carbocycles. The van der Waals surface area contributed by atoms with Crippen molar-refractivity contribution in [3.8, 4) is 10.7 Å². The van der Waals surface area contributed by atoms with Crippen LogP contribution in [0.2, 0.25) is 0 Å². The Hall–Kier alpha value is -1.99. The quantitative estimate of drug-likeness (QED) is 0.760. The van der Waals surface area contributed by atoms with Gasteiger partial charge in [0.15, 0.2) is 5.82 Å². The maximum Gasteiger partial charge on any atom is 0.343 e. The van der Waals surface area contributed by atoms with Crippen molar-refractivity contribution < 1.29 is 9.90 Å². The first kappa shape index (κ1) is 12.1. The second-order valence-corrected chi connectivity index (χ2v) is 5.97. The molecule has 19 heavy (non-hydrogen) atoms. The molecule has 3 heterocycles. The first-order chi connectivity index (χ1) is 9.06. The summed E-state index contributed by atoms with van der Waals surface area (Å²) < 4.78 is 2.25. The van der Waals surface area contributed by atoms with Crippen molar-refractivity contribution in [1.82, 2.24) is 9.97 Å². The van der Waals surface area contributed by atoms with E-state index in [2.05, 4.69) is 9.97 Å². The van der Waals surface area contributed by atoms with Crippen LogP contribution in [-0.2, 0) is 0 Å². The minimum Gasteiger partial charge on any atom is -0.477 e. The predicted molar refractivity (Wildman–Crippen MR) is 75.3 cm³/mol. The molecular formula is C12H8N2O3S2. The van der Waals surface area contributed by atoms with E-state index in [1.54, 1.807) is 11.3 Å². The summed E-state index contributed by atoms with van der Waals surface area (Å²) in [4.78, 5) is 30.2. The van der Waals surface area contributed by atoms with Crippen LogP contribution in [0.1, 0.15) is 16.1 Å². The Kier molecular flexibility index (Phi) is 2.72. The third-order valence-corrected chi connectivity index (χ3v) is 4.79. The molecule has 0 radical (unpaired) electrons. The van der Waals surface area contributed by atoms with Crippen molar-refractivity contribution in [2.75, 3.05) is 0 Å². The molecule has 0 saturated heterocycles. The summed E-state index contributed by atoms with van der Waals surface area (Å²) in [7, 11) is 0. The van der Waals surface area contributed by atoms with Crippen molar-refractivity contribution in [1.29, 1.82) is 0 Å². The normalized spacial score (nSPS) is 11.0. The lowest BCUT2D eigenvalue weighted by Gasteiger charge is -2.02. The number of carboxylic acid groups (broad SMARTS) is 1. The van der Waals surface area contributed by atoms with E-state index in [1.165, 1.54) is 18.3 Å². The van der Waals surface area contributed by atoms with Crippen molar-refractivity contribution in [3.63, 3.8) is 0 Å². The average Bonchev–Trinajstić information content (AvgIpc) is 2.86. The molecule has 7 heteroatoms. The van der Waals surface area contributed by atoms with Crippen LogP contribution in [0.5, 0.6) is 0 Å². The van der Waals surface area contributed by atoms with Gasteiger partial charge >= 0.3 is 5.97 Å². The largest absolute Gasteiger partial charge is 0.477 e. The molecule has 0 bridgehead atoms. The third-order valence-electron chi connectivity index (χ3n) is 2.69. The summed E-state index contributed by atoms with van der Waals surface area (Å²) in [5.41, 5.74) is -0.697. The number of H-pyrrole nitrogens is 1. The number of nitrogens with zero attached hydrogens (tertiary/aromatic N) is 1. The zero-order valence-corrected chi connectivity index (χ0v) is 11.4. The number of aromatic amines is 1. The van der Waals surface area contributed by atoms with E-state index in [0.29, 0.717) is 5.82 Å². The number of hydrogen-bond donors (Lipinski definition) is 2. The zero-order valence-electron chi connectivity index (χ0n) is 9.76. The van der Waals surface area contributed by atoms with Gasteiger partial charge in [0.25, 0.3) is 5.56 Å². The highest BCUT2D eigenvalue weighted by molar-refractivity contribution is 7.28. The van der Waals surface area contributed by atoms with Crippen molar-refractivity contribution in [3.05, 3.63) is 39.1 Å². The number of nitrogens with one attached hydrogen (secondary N) is 1. The van der Waals surface area contributed by atoms with Crippen LogP contribution in [0.25, 0.3) is 20.1 Å². The summed E-state index contributed by atoms with van der Waals surface area (Å²) in [5.74, 6) is -0.842. The van der Waals surface area contributed by atoms with Gasteiger partial charge < -0.3 is 10.1 Å². The number of carboxylic acids is 1. The van der Waals surface area contributed by atoms with Gasteiger partial charge in [-0.15, -0.1) is 22.7 Å². The molecule has 2 N–H and O–H groups in total. The fraction of sp³-hybridized carbons (Fsp3) is 0.0833. The number of fused-ring (bicyclic) bond motifs is 1. The average molecular weight is 292 g/mol. The summed E-state index contributed by atoms with van der Waals surface area (Å²) in [6.07, 6.45) is 0. The molecule has 3 aromatic rings. The second kappa shape index (κ2) is 4.29. The topological polar surface area (TPSA) is 83.0 Å². The lowest BCUT2D eigenvalue weighted by Crippen LogP contribution is -2.21. The van der Waals surface area contributed by atoms with E-state index in [0.717, 1.165) is 14.3 Å². The first-order valence-electron chi connectivity index (χ1n) is 5.38. The van der Waals surface area contributed by atoms with Gasteiger partial charge in [0.2, 0.25) is 0 Å². The smallest absolute Gasteiger partial charge is 0.343 e. The molecule has 0 spiro atoms. The maximum atomic E-state index is 11.8. The molecule has 3 rings (SSSR count). The minimum absolute atomic E-state index is 0.225. The molecule has 5 nitrogen and oxygen atoms in total. The number of aryl methyl sites for hydroxylation is 1. The fourth-order valence-corrected chi connectivity index (χ4v) is 3.89. The number of aromatic nitrogens is 2. The van der Waals surface area contributed by atoms with Crippen molar-refractivity contribution in [2.45, 2.75) is 6.92 Å². The van der Waals surface area contributed by atoms with Crippen LogP contribution in [0.4, 0.5) is 0 Å². The Morgan fingerprint density at radius 2 is 2.21 bits per heavy atom. The molecule has 0 amide bonds. The number of hydrogen-bond acceptors (Lipinski definition) is 5. The summed E-state index contributed by atoms with van der Waals surface area (Å²) in [6.45, 7) is 1.53. The molecular weight excluding hydrogens is 284 g/mol. The molecule has 0 fully saturated rings. The van der Waals surface area contributed by atoms with E-state index in [1.807, 2.05) is 17.5 Å². The van der Waals surface area contributed by atoms with Crippen LogP contribution >= 0.6 is 22.7 Å². The Morgan fingerprint density at radius 1 is 1.42 bits per heavy atom. The van der Waals surface area contributed by atoms with Gasteiger partial charge in [0.05, 0.1) is 10.6 Å². The lowest BCUT2D eigenvalue weighted by atomic mass is 10.2. The van der Waals surface area contributed by atoms with E-state index in [9.17, 15) is 9.59 Å². The number of thiophene rings is 2. The van der Waals surface area contributed by atoms with Gasteiger partial charge in [-0.25, -0.2) is 9.78 Å². The molecule has 0 atom stereocenters. The van der Waals surface area contributed by atoms with Crippen molar-refractivity contribution >= 4 is 38.0 Å². The van der Waals surface area contributed by atoms with Crippen LogP contribution in [0.3, 0.4) is 0 Å². The van der Waals surface area contributed by atoms with E-state index in [-0.39, 0.29) is 11.3 Å². The Balaban J connectivity index is 2.19. The van der Waals surface area contributed by atoms with Crippen LogP contribution in [-0.4, -0.2) is 21.0 Å². The zero-order chi connectivity index (χ0) is 13.6. The summed E-state index contributed by atoms with van der Waals surface area (Å²) >= 11 is 3.13. The highest BCUT2D eigenvalue weighted by atomic mass is 32.1. The molecule has 0 unspecified atom stereocenters. The first-order valence-corrected chi connectivity index (χ1v) is 7.07. The van der Waals surface area contributed by atoms with Gasteiger partial charge in [-0.2, -0.15) is 0 Å². The van der Waals surface area contributed by atoms with Gasteiger partial charge in [0.1, 0.15) is 5.56 Å². The van der Waals surface area contributed by atoms with Gasteiger partial charge in [-0.3, -0.25) is 4.79 Å². The Labute approximate surface area is 115 Å². The van der Waals surface area contributed by atoms with Gasteiger partial charge in [-0.1, -0.05) is 0 Å². The second-order valence-electron chi connectivity index (χ2n) is 3.94.